The minimum absolute atomic E-state index is 0.187. The lowest BCUT2D eigenvalue weighted by Gasteiger charge is -2.17. The Morgan fingerprint density at radius 3 is 2.45 bits per heavy atom. The van der Waals surface area contributed by atoms with E-state index in [0.717, 1.165) is 5.56 Å². The van der Waals surface area contributed by atoms with Crippen molar-refractivity contribution < 1.29 is 28.6 Å². The van der Waals surface area contributed by atoms with E-state index >= 15 is 0 Å². The van der Waals surface area contributed by atoms with Crippen LogP contribution in [-0.4, -0.2) is 56.6 Å². The number of nitrogens with one attached hydrogen (secondary N) is 1. The lowest BCUT2D eigenvalue weighted by Crippen LogP contribution is -2.37. The third kappa shape index (κ3) is 7.53. The molecule has 2 aromatic carbocycles. The molecule has 0 unspecified atom stereocenters. The molecule has 0 saturated carbocycles. The summed E-state index contributed by atoms with van der Waals surface area (Å²) < 4.78 is 15.3. The molecule has 0 spiro atoms. The summed E-state index contributed by atoms with van der Waals surface area (Å²) in [5.41, 5.74) is 1.55. The number of rotatable bonds is 9. The van der Waals surface area contributed by atoms with E-state index in [1.807, 2.05) is 19.1 Å². The van der Waals surface area contributed by atoms with Crippen molar-refractivity contribution in [3.05, 3.63) is 54.1 Å². The van der Waals surface area contributed by atoms with Gasteiger partial charge in [0, 0.05) is 18.8 Å². The normalized spacial score (nSPS) is 10.0. The van der Waals surface area contributed by atoms with Crippen molar-refractivity contribution in [1.82, 2.24) is 4.90 Å². The number of benzene rings is 2. The summed E-state index contributed by atoms with van der Waals surface area (Å²) >= 11 is 0. The highest BCUT2D eigenvalue weighted by atomic mass is 16.6. The van der Waals surface area contributed by atoms with Gasteiger partial charge < -0.3 is 24.4 Å². The minimum atomic E-state index is -0.672. The van der Waals surface area contributed by atoms with Gasteiger partial charge in [-0.3, -0.25) is 9.59 Å². The molecule has 0 atom stereocenters. The van der Waals surface area contributed by atoms with Crippen LogP contribution in [0.1, 0.15) is 5.56 Å². The molecular formula is C21H24N2O6. The SMILES string of the molecule is COc1cccc(NC(=O)CN(C)C(=O)COC(=O)COc2cccc(C)c2)c1. The third-order valence-electron chi connectivity index (χ3n) is 3.86. The first-order chi connectivity index (χ1) is 13.9. The second-order valence-corrected chi connectivity index (χ2v) is 6.30. The van der Waals surface area contributed by atoms with E-state index in [9.17, 15) is 14.4 Å². The number of carbonyl (C=O) groups is 3. The van der Waals surface area contributed by atoms with Gasteiger partial charge in [-0.2, -0.15) is 0 Å². The summed E-state index contributed by atoms with van der Waals surface area (Å²) in [5, 5.41) is 2.67. The number of ether oxygens (including phenoxy) is 3. The molecule has 154 valence electrons. The van der Waals surface area contributed by atoms with E-state index in [-0.39, 0.29) is 19.1 Å². The smallest absolute Gasteiger partial charge is 0.344 e. The fraction of sp³-hybridized carbons (Fsp3) is 0.286. The average molecular weight is 400 g/mol. The van der Waals surface area contributed by atoms with E-state index in [0.29, 0.717) is 17.2 Å². The van der Waals surface area contributed by atoms with E-state index in [2.05, 4.69) is 5.32 Å². The van der Waals surface area contributed by atoms with Gasteiger partial charge in [0.25, 0.3) is 5.91 Å². The Labute approximate surface area is 169 Å². The number of amides is 2. The van der Waals surface area contributed by atoms with Gasteiger partial charge in [0.1, 0.15) is 11.5 Å². The van der Waals surface area contributed by atoms with Crippen LogP contribution in [0.15, 0.2) is 48.5 Å². The number of nitrogens with zero attached hydrogens (tertiary/aromatic N) is 1. The van der Waals surface area contributed by atoms with Gasteiger partial charge in [-0.05, 0) is 36.8 Å². The van der Waals surface area contributed by atoms with Gasteiger partial charge in [-0.25, -0.2) is 4.79 Å². The summed E-state index contributed by atoms with van der Waals surface area (Å²) in [6.07, 6.45) is 0. The molecular weight excluding hydrogens is 376 g/mol. The highest BCUT2D eigenvalue weighted by molar-refractivity contribution is 5.94. The Morgan fingerprint density at radius 1 is 1.00 bits per heavy atom. The molecule has 0 aliphatic carbocycles. The number of aryl methyl sites for hydroxylation is 1. The van der Waals surface area contributed by atoms with E-state index in [1.54, 1.807) is 36.4 Å². The molecule has 0 aliphatic rings. The molecule has 2 aromatic rings. The molecule has 0 fully saturated rings. The van der Waals surface area contributed by atoms with Crippen molar-refractivity contribution in [2.75, 3.05) is 39.2 Å². The predicted octanol–water partition coefficient (Wildman–Crippen LogP) is 2.02. The minimum Gasteiger partial charge on any atom is -0.497 e. The first kappa shape index (κ1) is 21.7. The molecule has 0 aliphatic heterocycles. The number of likely N-dealkylation sites (N-methyl/N-ethyl adjacent to an activating group) is 1. The van der Waals surface area contributed by atoms with Crippen LogP contribution in [0, 0.1) is 6.92 Å². The van der Waals surface area contributed by atoms with Crippen molar-refractivity contribution in [3.8, 4) is 11.5 Å². The Balaban J connectivity index is 1.72. The number of esters is 1. The Bertz CT molecular complexity index is 868. The number of hydrogen-bond donors (Lipinski definition) is 1. The van der Waals surface area contributed by atoms with Gasteiger partial charge >= 0.3 is 5.97 Å². The number of methoxy groups -OCH3 is 1. The molecule has 0 aromatic heterocycles. The van der Waals surface area contributed by atoms with Crippen molar-refractivity contribution in [1.29, 1.82) is 0 Å². The van der Waals surface area contributed by atoms with Crippen LogP contribution < -0.4 is 14.8 Å². The van der Waals surface area contributed by atoms with Crippen molar-refractivity contribution in [2.45, 2.75) is 6.92 Å². The standard InChI is InChI=1S/C21H24N2O6/c1-15-6-4-9-18(10-15)28-14-21(26)29-13-20(25)23(2)12-19(24)22-16-7-5-8-17(11-16)27-3/h4-11H,12-14H2,1-3H3,(H,22,24). The van der Waals surface area contributed by atoms with Gasteiger partial charge in [0.05, 0.1) is 13.7 Å². The van der Waals surface area contributed by atoms with Crippen LogP contribution in [-0.2, 0) is 19.1 Å². The van der Waals surface area contributed by atoms with Crippen molar-refractivity contribution in [2.24, 2.45) is 0 Å². The van der Waals surface area contributed by atoms with Crippen LogP contribution in [0.3, 0.4) is 0 Å². The molecule has 0 saturated heterocycles. The highest BCUT2D eigenvalue weighted by Gasteiger charge is 2.16. The number of anilines is 1. The molecule has 0 bridgehead atoms. The first-order valence-corrected chi connectivity index (χ1v) is 8.90. The summed E-state index contributed by atoms with van der Waals surface area (Å²) in [5.74, 6) is -0.418. The first-order valence-electron chi connectivity index (χ1n) is 8.90. The largest absolute Gasteiger partial charge is 0.497 e. The van der Waals surface area contributed by atoms with Crippen molar-refractivity contribution in [3.63, 3.8) is 0 Å². The zero-order chi connectivity index (χ0) is 21.2. The fourth-order valence-electron chi connectivity index (χ4n) is 2.35. The lowest BCUT2D eigenvalue weighted by atomic mass is 10.2. The summed E-state index contributed by atoms with van der Waals surface area (Å²) in [6.45, 7) is 0.938. The number of hydrogen-bond acceptors (Lipinski definition) is 6. The Morgan fingerprint density at radius 2 is 1.72 bits per heavy atom. The molecule has 1 N–H and O–H groups in total. The zero-order valence-electron chi connectivity index (χ0n) is 16.6. The van der Waals surface area contributed by atoms with Crippen LogP contribution >= 0.6 is 0 Å². The molecule has 2 rings (SSSR count). The maximum absolute atomic E-state index is 12.1. The van der Waals surface area contributed by atoms with Crippen LogP contribution in [0.4, 0.5) is 5.69 Å². The van der Waals surface area contributed by atoms with Crippen LogP contribution in [0.5, 0.6) is 11.5 Å². The number of carbonyl (C=O) groups excluding carboxylic acids is 3. The summed E-state index contributed by atoms with van der Waals surface area (Å²) in [6, 6.07) is 14.1. The van der Waals surface area contributed by atoms with Crippen LogP contribution in [0.2, 0.25) is 0 Å². The van der Waals surface area contributed by atoms with Crippen LogP contribution in [0.25, 0.3) is 0 Å². The second-order valence-electron chi connectivity index (χ2n) is 6.30. The maximum atomic E-state index is 12.1. The van der Waals surface area contributed by atoms with Gasteiger partial charge in [-0.15, -0.1) is 0 Å². The fourth-order valence-corrected chi connectivity index (χ4v) is 2.35. The average Bonchev–Trinajstić information content (AvgIpc) is 2.70. The molecule has 2 amide bonds. The molecule has 0 radical (unpaired) electrons. The molecule has 8 heteroatoms. The maximum Gasteiger partial charge on any atom is 0.344 e. The van der Waals surface area contributed by atoms with Gasteiger partial charge in [0.15, 0.2) is 13.2 Å². The van der Waals surface area contributed by atoms with E-state index in [4.69, 9.17) is 14.2 Å². The topological polar surface area (TPSA) is 94.2 Å². The predicted molar refractivity (Wildman–Crippen MR) is 107 cm³/mol. The summed E-state index contributed by atoms with van der Waals surface area (Å²) in [7, 11) is 2.98. The van der Waals surface area contributed by atoms with E-state index < -0.39 is 18.5 Å². The zero-order valence-corrected chi connectivity index (χ0v) is 16.6. The quantitative estimate of drug-likeness (QED) is 0.648. The highest BCUT2D eigenvalue weighted by Crippen LogP contribution is 2.16. The summed E-state index contributed by atoms with van der Waals surface area (Å²) in [4.78, 5) is 37.1. The third-order valence-corrected chi connectivity index (χ3v) is 3.86. The van der Waals surface area contributed by atoms with Gasteiger partial charge in [-0.1, -0.05) is 18.2 Å². The monoisotopic (exact) mass is 400 g/mol. The Kier molecular flexibility index (Phi) is 8.02. The lowest BCUT2D eigenvalue weighted by molar-refractivity contribution is -0.153. The van der Waals surface area contributed by atoms with E-state index in [1.165, 1.54) is 19.1 Å². The Hall–Kier alpha value is -3.55. The van der Waals surface area contributed by atoms with Crippen molar-refractivity contribution >= 4 is 23.5 Å². The second kappa shape index (κ2) is 10.7. The van der Waals surface area contributed by atoms with Gasteiger partial charge in [0.2, 0.25) is 5.91 Å². The molecule has 29 heavy (non-hydrogen) atoms. The molecule has 0 heterocycles. The molecule has 8 nitrogen and oxygen atoms in total.